The van der Waals surface area contributed by atoms with Crippen molar-refractivity contribution in [3.05, 3.63) is 28.2 Å². The van der Waals surface area contributed by atoms with Crippen molar-refractivity contribution in [3.63, 3.8) is 0 Å². The fourth-order valence-corrected chi connectivity index (χ4v) is 2.39. The fraction of sp³-hybridized carbons (Fsp3) is 0.400. The van der Waals surface area contributed by atoms with Crippen molar-refractivity contribution in [2.45, 2.75) is 0 Å². The standard InChI is InChI=1S/C10H11BrCl2N2/c11-15-6-4-14(5-7-15)9-3-1-2-8(12)10(9)13/h1-3H,4-7H2. The highest BCUT2D eigenvalue weighted by molar-refractivity contribution is 9.07. The van der Waals surface area contributed by atoms with Crippen LogP contribution in [0.1, 0.15) is 0 Å². The second-order valence-corrected chi connectivity index (χ2v) is 5.26. The van der Waals surface area contributed by atoms with Crippen molar-refractivity contribution in [1.29, 1.82) is 0 Å². The molecule has 2 rings (SSSR count). The molecule has 82 valence electrons. The molecule has 1 fully saturated rings. The third-order valence-corrected chi connectivity index (χ3v) is 4.02. The van der Waals surface area contributed by atoms with E-state index in [4.69, 9.17) is 23.2 Å². The molecule has 1 aliphatic rings. The van der Waals surface area contributed by atoms with Gasteiger partial charge in [-0.2, -0.15) is 0 Å². The Labute approximate surface area is 108 Å². The first kappa shape index (κ1) is 11.5. The normalized spacial score (nSPS) is 18.2. The van der Waals surface area contributed by atoms with Crippen LogP contribution in [-0.2, 0) is 0 Å². The maximum atomic E-state index is 6.16. The molecule has 1 aromatic carbocycles. The quantitative estimate of drug-likeness (QED) is 0.733. The maximum absolute atomic E-state index is 6.16. The van der Waals surface area contributed by atoms with Crippen LogP contribution < -0.4 is 4.90 Å². The minimum absolute atomic E-state index is 0.621. The third-order valence-electron chi connectivity index (χ3n) is 2.50. The summed E-state index contributed by atoms with van der Waals surface area (Å²) < 4.78 is 2.13. The molecule has 1 saturated heterocycles. The van der Waals surface area contributed by atoms with Crippen LogP contribution in [-0.4, -0.2) is 30.1 Å². The van der Waals surface area contributed by atoms with Crippen LogP contribution in [0.5, 0.6) is 0 Å². The van der Waals surface area contributed by atoms with E-state index in [-0.39, 0.29) is 0 Å². The second-order valence-electron chi connectivity index (χ2n) is 3.47. The van der Waals surface area contributed by atoms with Crippen LogP contribution in [0, 0.1) is 0 Å². The molecule has 2 nitrogen and oxygen atoms in total. The lowest BCUT2D eigenvalue weighted by molar-refractivity contribution is 0.443. The van der Waals surface area contributed by atoms with Gasteiger partial charge in [0.15, 0.2) is 0 Å². The zero-order valence-corrected chi connectivity index (χ0v) is 11.2. The molecule has 1 aromatic rings. The molecule has 1 aliphatic heterocycles. The average Bonchev–Trinajstić information content (AvgIpc) is 2.24. The molecule has 0 atom stereocenters. The molecular weight excluding hydrogens is 299 g/mol. The first-order valence-electron chi connectivity index (χ1n) is 4.78. The Kier molecular flexibility index (Phi) is 3.78. The van der Waals surface area contributed by atoms with Crippen molar-refractivity contribution in [1.82, 2.24) is 3.93 Å². The van der Waals surface area contributed by atoms with Gasteiger partial charge < -0.3 is 4.90 Å². The van der Waals surface area contributed by atoms with E-state index < -0.39 is 0 Å². The summed E-state index contributed by atoms with van der Waals surface area (Å²) in [5.41, 5.74) is 1.03. The van der Waals surface area contributed by atoms with E-state index in [0.29, 0.717) is 10.0 Å². The van der Waals surface area contributed by atoms with Gasteiger partial charge >= 0.3 is 0 Å². The van der Waals surface area contributed by atoms with Gasteiger partial charge in [-0.3, -0.25) is 0 Å². The summed E-state index contributed by atoms with van der Waals surface area (Å²) in [4.78, 5) is 2.26. The highest BCUT2D eigenvalue weighted by Gasteiger charge is 2.17. The van der Waals surface area contributed by atoms with Crippen LogP contribution in [0.4, 0.5) is 5.69 Å². The molecule has 15 heavy (non-hydrogen) atoms. The van der Waals surface area contributed by atoms with Gasteiger partial charge in [0.1, 0.15) is 0 Å². The van der Waals surface area contributed by atoms with E-state index in [1.54, 1.807) is 0 Å². The topological polar surface area (TPSA) is 6.48 Å². The number of halogens is 3. The Bertz CT molecular complexity index is 351. The lowest BCUT2D eigenvalue weighted by Crippen LogP contribution is -2.42. The molecule has 1 heterocycles. The lowest BCUT2D eigenvalue weighted by atomic mass is 10.2. The van der Waals surface area contributed by atoms with E-state index >= 15 is 0 Å². The summed E-state index contributed by atoms with van der Waals surface area (Å²) in [6, 6.07) is 5.76. The summed E-state index contributed by atoms with van der Waals surface area (Å²) in [5.74, 6) is 0. The monoisotopic (exact) mass is 308 g/mol. The van der Waals surface area contributed by atoms with Crippen LogP contribution in [0.25, 0.3) is 0 Å². The first-order valence-corrected chi connectivity index (χ1v) is 6.24. The predicted molar refractivity (Wildman–Crippen MR) is 69.2 cm³/mol. The van der Waals surface area contributed by atoms with E-state index in [2.05, 4.69) is 25.0 Å². The summed E-state index contributed by atoms with van der Waals surface area (Å²) in [6.45, 7) is 3.91. The van der Waals surface area contributed by atoms with Crippen LogP contribution in [0.15, 0.2) is 18.2 Å². The largest absolute Gasteiger partial charge is 0.368 e. The van der Waals surface area contributed by atoms with Crippen molar-refractivity contribution < 1.29 is 0 Å². The Morgan fingerprint density at radius 3 is 2.40 bits per heavy atom. The molecular formula is C10H11BrCl2N2. The molecule has 0 aromatic heterocycles. The zero-order chi connectivity index (χ0) is 10.8. The predicted octanol–water partition coefficient (Wildman–Crippen LogP) is 3.43. The highest BCUT2D eigenvalue weighted by atomic mass is 79.9. The van der Waals surface area contributed by atoms with E-state index in [0.717, 1.165) is 31.9 Å². The zero-order valence-electron chi connectivity index (χ0n) is 8.09. The Morgan fingerprint density at radius 2 is 1.73 bits per heavy atom. The van der Waals surface area contributed by atoms with Gasteiger partial charge in [0, 0.05) is 42.3 Å². The SMILES string of the molecule is Clc1cccc(N2CCN(Br)CC2)c1Cl. The molecule has 0 aliphatic carbocycles. The van der Waals surface area contributed by atoms with Gasteiger partial charge in [0.25, 0.3) is 0 Å². The fourth-order valence-electron chi connectivity index (χ4n) is 1.66. The Morgan fingerprint density at radius 1 is 1.07 bits per heavy atom. The molecule has 5 heteroatoms. The van der Waals surface area contributed by atoms with Crippen molar-refractivity contribution in [2.75, 3.05) is 31.1 Å². The minimum atomic E-state index is 0.621. The minimum Gasteiger partial charge on any atom is -0.368 e. The maximum Gasteiger partial charge on any atom is 0.0825 e. The number of piperazine rings is 1. The molecule has 0 radical (unpaired) electrons. The average molecular weight is 310 g/mol. The Hall–Kier alpha value is 0.0400. The lowest BCUT2D eigenvalue weighted by Gasteiger charge is -2.33. The molecule has 0 spiro atoms. The molecule has 0 N–H and O–H groups in total. The van der Waals surface area contributed by atoms with Crippen molar-refractivity contribution in [3.8, 4) is 0 Å². The summed E-state index contributed by atoms with van der Waals surface area (Å²) in [7, 11) is 0. The number of nitrogens with zero attached hydrogens (tertiary/aromatic N) is 2. The van der Waals surface area contributed by atoms with Gasteiger partial charge in [-0.15, -0.1) is 0 Å². The number of anilines is 1. The van der Waals surface area contributed by atoms with Crippen molar-refractivity contribution in [2.24, 2.45) is 0 Å². The number of hydrogen-bond donors (Lipinski definition) is 0. The van der Waals surface area contributed by atoms with Crippen molar-refractivity contribution >= 4 is 45.0 Å². The number of hydrogen-bond acceptors (Lipinski definition) is 2. The van der Waals surface area contributed by atoms with E-state index in [1.807, 2.05) is 18.2 Å². The van der Waals surface area contributed by atoms with Gasteiger partial charge in [-0.05, 0) is 12.1 Å². The van der Waals surface area contributed by atoms with Gasteiger partial charge in [-0.1, -0.05) is 29.3 Å². The summed E-state index contributed by atoms with van der Waals surface area (Å²) in [6.07, 6.45) is 0. The number of benzene rings is 1. The molecule has 0 bridgehead atoms. The molecule has 0 saturated carbocycles. The van der Waals surface area contributed by atoms with E-state index in [1.165, 1.54) is 0 Å². The van der Waals surface area contributed by atoms with Gasteiger partial charge in [0.2, 0.25) is 0 Å². The second kappa shape index (κ2) is 4.91. The summed E-state index contributed by atoms with van der Waals surface area (Å²) >= 11 is 15.6. The first-order chi connectivity index (χ1) is 7.18. The van der Waals surface area contributed by atoms with Gasteiger partial charge in [0.05, 0.1) is 15.7 Å². The van der Waals surface area contributed by atoms with Crippen LogP contribution in [0.2, 0.25) is 10.0 Å². The smallest absolute Gasteiger partial charge is 0.0825 e. The third kappa shape index (κ3) is 2.59. The van der Waals surface area contributed by atoms with Gasteiger partial charge in [-0.25, -0.2) is 3.93 Å². The molecule has 0 unspecified atom stereocenters. The molecule has 0 amide bonds. The number of rotatable bonds is 1. The van der Waals surface area contributed by atoms with Crippen LogP contribution >= 0.6 is 39.3 Å². The summed E-state index contributed by atoms with van der Waals surface area (Å²) in [5, 5.41) is 1.28. The highest BCUT2D eigenvalue weighted by Crippen LogP contribution is 2.32. The van der Waals surface area contributed by atoms with Crippen LogP contribution in [0.3, 0.4) is 0 Å². The Balaban J connectivity index is 2.19. The van der Waals surface area contributed by atoms with E-state index in [9.17, 15) is 0 Å².